The highest BCUT2D eigenvalue weighted by Crippen LogP contribution is 2.18. The van der Waals surface area contributed by atoms with Gasteiger partial charge in [0.15, 0.2) is 0 Å². The van der Waals surface area contributed by atoms with Crippen LogP contribution in [0.4, 0.5) is 5.82 Å². The minimum Gasteiger partial charge on any atom is -0.378 e. The third kappa shape index (κ3) is 3.34. The highest BCUT2D eigenvalue weighted by molar-refractivity contribution is 5.95. The molecule has 1 aliphatic rings. The Bertz CT molecular complexity index is 692. The Labute approximate surface area is 135 Å². The van der Waals surface area contributed by atoms with E-state index in [0.29, 0.717) is 25.3 Å². The number of amides is 1. The number of nitrogens with one attached hydrogen (secondary N) is 1. The van der Waals surface area contributed by atoms with Gasteiger partial charge >= 0.3 is 0 Å². The molecule has 0 unspecified atom stereocenters. The smallest absolute Gasteiger partial charge is 0.255 e. The molecular formula is C16H21N5O2. The van der Waals surface area contributed by atoms with Crippen molar-refractivity contribution in [1.82, 2.24) is 20.1 Å². The fourth-order valence-corrected chi connectivity index (χ4v) is 2.62. The summed E-state index contributed by atoms with van der Waals surface area (Å²) in [6, 6.07) is 3.88. The minimum atomic E-state index is -0.118. The van der Waals surface area contributed by atoms with Gasteiger partial charge in [0.05, 0.1) is 25.0 Å². The summed E-state index contributed by atoms with van der Waals surface area (Å²) in [6.45, 7) is 5.37. The first-order valence-corrected chi connectivity index (χ1v) is 7.70. The van der Waals surface area contributed by atoms with Crippen molar-refractivity contribution >= 4 is 11.7 Å². The van der Waals surface area contributed by atoms with Gasteiger partial charge in [-0.25, -0.2) is 4.98 Å². The largest absolute Gasteiger partial charge is 0.378 e. The summed E-state index contributed by atoms with van der Waals surface area (Å²) in [7, 11) is 1.82. The maximum absolute atomic E-state index is 12.3. The molecule has 23 heavy (non-hydrogen) atoms. The average Bonchev–Trinajstić information content (AvgIpc) is 2.93. The molecule has 122 valence electrons. The van der Waals surface area contributed by atoms with Crippen LogP contribution in [-0.2, 0) is 18.3 Å². The summed E-state index contributed by atoms with van der Waals surface area (Å²) in [6.07, 6.45) is 3.37. The van der Waals surface area contributed by atoms with E-state index in [-0.39, 0.29) is 5.91 Å². The van der Waals surface area contributed by atoms with E-state index in [1.807, 2.05) is 26.1 Å². The van der Waals surface area contributed by atoms with Crippen molar-refractivity contribution in [3.8, 4) is 0 Å². The molecule has 7 nitrogen and oxygen atoms in total. The Morgan fingerprint density at radius 3 is 2.87 bits per heavy atom. The SMILES string of the molecule is Cc1c(C(=O)NCc2cccnc2N2CCOCC2)cnn1C. The molecule has 1 aliphatic heterocycles. The summed E-state index contributed by atoms with van der Waals surface area (Å²) < 4.78 is 7.08. The lowest BCUT2D eigenvalue weighted by Crippen LogP contribution is -2.37. The van der Waals surface area contributed by atoms with Crippen LogP contribution in [0.15, 0.2) is 24.5 Å². The van der Waals surface area contributed by atoms with Crippen LogP contribution in [0.2, 0.25) is 0 Å². The highest BCUT2D eigenvalue weighted by Gasteiger charge is 2.17. The Kier molecular flexibility index (Phi) is 4.57. The standard InChI is InChI=1S/C16H21N5O2/c1-12-14(11-19-20(12)2)16(22)18-10-13-4-3-5-17-15(13)21-6-8-23-9-7-21/h3-5,11H,6-10H2,1-2H3,(H,18,22). The van der Waals surface area contributed by atoms with Gasteiger partial charge in [-0.05, 0) is 13.0 Å². The van der Waals surface area contributed by atoms with Crippen molar-refractivity contribution in [2.45, 2.75) is 13.5 Å². The van der Waals surface area contributed by atoms with Crippen molar-refractivity contribution in [3.05, 3.63) is 41.3 Å². The van der Waals surface area contributed by atoms with Gasteiger partial charge in [0, 0.05) is 44.1 Å². The summed E-state index contributed by atoms with van der Waals surface area (Å²) in [4.78, 5) is 19.0. The van der Waals surface area contributed by atoms with Gasteiger partial charge in [-0.1, -0.05) is 6.07 Å². The molecule has 0 aliphatic carbocycles. The lowest BCUT2D eigenvalue weighted by molar-refractivity contribution is 0.0950. The quantitative estimate of drug-likeness (QED) is 0.907. The second-order valence-corrected chi connectivity index (χ2v) is 5.54. The second kappa shape index (κ2) is 6.78. The molecule has 0 spiro atoms. The molecule has 2 aromatic heterocycles. The van der Waals surface area contributed by atoms with Crippen molar-refractivity contribution in [1.29, 1.82) is 0 Å². The third-order valence-electron chi connectivity index (χ3n) is 4.10. The number of hydrogen-bond acceptors (Lipinski definition) is 5. The third-order valence-corrected chi connectivity index (χ3v) is 4.10. The lowest BCUT2D eigenvalue weighted by atomic mass is 10.2. The lowest BCUT2D eigenvalue weighted by Gasteiger charge is -2.29. The van der Waals surface area contributed by atoms with E-state index in [4.69, 9.17) is 4.74 Å². The molecule has 0 radical (unpaired) electrons. The first-order valence-electron chi connectivity index (χ1n) is 7.70. The summed E-state index contributed by atoms with van der Waals surface area (Å²) >= 11 is 0. The summed E-state index contributed by atoms with van der Waals surface area (Å²) in [5.41, 5.74) is 2.45. The maximum atomic E-state index is 12.3. The zero-order valence-electron chi connectivity index (χ0n) is 13.5. The minimum absolute atomic E-state index is 0.118. The molecule has 0 bridgehead atoms. The fraction of sp³-hybridized carbons (Fsp3) is 0.438. The van der Waals surface area contributed by atoms with Gasteiger partial charge < -0.3 is 15.0 Å². The molecule has 1 amide bonds. The Balaban J connectivity index is 1.70. The van der Waals surface area contributed by atoms with Crippen LogP contribution in [0.25, 0.3) is 0 Å². The number of aryl methyl sites for hydroxylation is 1. The van der Waals surface area contributed by atoms with Crippen molar-refractivity contribution in [2.24, 2.45) is 7.05 Å². The molecule has 1 saturated heterocycles. The first-order chi connectivity index (χ1) is 11.2. The maximum Gasteiger partial charge on any atom is 0.255 e. The predicted octanol–water partition coefficient (Wildman–Crippen LogP) is 0.890. The topological polar surface area (TPSA) is 72.3 Å². The molecule has 1 fully saturated rings. The van der Waals surface area contributed by atoms with E-state index in [1.165, 1.54) is 0 Å². The van der Waals surface area contributed by atoms with Gasteiger partial charge in [-0.15, -0.1) is 0 Å². The molecule has 0 atom stereocenters. The van der Waals surface area contributed by atoms with Crippen LogP contribution in [-0.4, -0.2) is 47.0 Å². The first kappa shape index (κ1) is 15.5. The van der Waals surface area contributed by atoms with Gasteiger partial charge in [-0.3, -0.25) is 9.48 Å². The second-order valence-electron chi connectivity index (χ2n) is 5.54. The van der Waals surface area contributed by atoms with Gasteiger partial charge in [0.25, 0.3) is 5.91 Å². The summed E-state index contributed by atoms with van der Waals surface area (Å²) in [5.74, 6) is 0.798. The molecule has 1 N–H and O–H groups in total. The van der Waals surface area contributed by atoms with Crippen LogP contribution < -0.4 is 10.2 Å². The Morgan fingerprint density at radius 2 is 2.17 bits per heavy atom. The number of ether oxygens (including phenoxy) is 1. The number of morpholine rings is 1. The van der Waals surface area contributed by atoms with Crippen molar-refractivity contribution in [2.75, 3.05) is 31.2 Å². The molecule has 0 aromatic carbocycles. The van der Waals surface area contributed by atoms with E-state index in [1.54, 1.807) is 17.1 Å². The van der Waals surface area contributed by atoms with E-state index in [9.17, 15) is 4.79 Å². The number of aromatic nitrogens is 3. The van der Waals surface area contributed by atoms with E-state index < -0.39 is 0 Å². The predicted molar refractivity (Wildman–Crippen MR) is 86.4 cm³/mol. The Morgan fingerprint density at radius 1 is 1.39 bits per heavy atom. The number of carbonyl (C=O) groups is 1. The molecule has 0 saturated carbocycles. The molecule has 3 rings (SSSR count). The zero-order chi connectivity index (χ0) is 16.2. The van der Waals surface area contributed by atoms with E-state index in [2.05, 4.69) is 20.3 Å². The van der Waals surface area contributed by atoms with Crippen molar-refractivity contribution in [3.63, 3.8) is 0 Å². The number of pyridine rings is 1. The van der Waals surface area contributed by atoms with Crippen LogP contribution in [0.5, 0.6) is 0 Å². The van der Waals surface area contributed by atoms with Crippen LogP contribution >= 0.6 is 0 Å². The number of hydrogen-bond donors (Lipinski definition) is 1. The fourth-order valence-electron chi connectivity index (χ4n) is 2.62. The van der Waals surface area contributed by atoms with Crippen LogP contribution in [0, 0.1) is 6.92 Å². The average molecular weight is 315 g/mol. The highest BCUT2D eigenvalue weighted by atomic mass is 16.5. The van der Waals surface area contributed by atoms with Gasteiger partial charge in [0.1, 0.15) is 5.82 Å². The van der Waals surface area contributed by atoms with Crippen LogP contribution in [0.1, 0.15) is 21.6 Å². The number of rotatable bonds is 4. The number of carbonyl (C=O) groups excluding carboxylic acids is 1. The van der Waals surface area contributed by atoms with Gasteiger partial charge in [0.2, 0.25) is 0 Å². The normalized spacial score (nSPS) is 14.8. The summed E-state index contributed by atoms with van der Waals surface area (Å²) in [5, 5.41) is 7.06. The van der Waals surface area contributed by atoms with E-state index >= 15 is 0 Å². The molecule has 7 heteroatoms. The van der Waals surface area contributed by atoms with E-state index in [0.717, 1.165) is 30.2 Å². The monoisotopic (exact) mass is 315 g/mol. The van der Waals surface area contributed by atoms with Crippen LogP contribution in [0.3, 0.4) is 0 Å². The van der Waals surface area contributed by atoms with Crippen molar-refractivity contribution < 1.29 is 9.53 Å². The molecule has 3 heterocycles. The molecule has 2 aromatic rings. The zero-order valence-corrected chi connectivity index (χ0v) is 13.5. The molecular weight excluding hydrogens is 294 g/mol. The number of anilines is 1. The number of nitrogens with zero attached hydrogens (tertiary/aromatic N) is 4. The Hall–Kier alpha value is -2.41. The van der Waals surface area contributed by atoms with Gasteiger partial charge in [-0.2, -0.15) is 5.10 Å².